The molecule has 2 heterocycles. The van der Waals surface area contributed by atoms with Crippen molar-refractivity contribution in [2.75, 3.05) is 13.2 Å². The Morgan fingerprint density at radius 3 is 2.73 bits per heavy atom. The average molecular weight is 363 g/mol. The molecule has 0 saturated heterocycles. The second-order valence-electron chi connectivity index (χ2n) is 6.99. The number of rotatable bonds is 3. The third kappa shape index (κ3) is 3.31. The van der Waals surface area contributed by atoms with Crippen LogP contribution in [0.4, 0.5) is 8.78 Å². The molecule has 2 aromatic rings. The summed E-state index contributed by atoms with van der Waals surface area (Å²) in [5.41, 5.74) is 0.203. The number of benzene rings is 1. The van der Waals surface area contributed by atoms with Crippen molar-refractivity contribution in [3.05, 3.63) is 47.3 Å². The molecule has 1 aliphatic heterocycles. The number of hydrogen-bond acceptors (Lipinski definition) is 4. The molecule has 1 aromatic heterocycles. The Kier molecular flexibility index (Phi) is 4.52. The summed E-state index contributed by atoms with van der Waals surface area (Å²) >= 11 is 0. The lowest BCUT2D eigenvalue weighted by molar-refractivity contribution is 0.00605. The summed E-state index contributed by atoms with van der Waals surface area (Å²) in [6.07, 6.45) is 1.39. The highest BCUT2D eigenvalue weighted by Crippen LogP contribution is 2.27. The predicted octanol–water partition coefficient (Wildman–Crippen LogP) is 2.89. The molecule has 1 aliphatic rings. The zero-order valence-electron chi connectivity index (χ0n) is 14.8. The number of halogens is 2. The van der Waals surface area contributed by atoms with E-state index in [0.29, 0.717) is 11.4 Å². The van der Waals surface area contributed by atoms with Crippen LogP contribution in [0.2, 0.25) is 0 Å². The molecule has 0 aliphatic carbocycles. The molecule has 0 fully saturated rings. The first kappa shape index (κ1) is 18.0. The number of alkyl halides is 1. The molecule has 26 heavy (non-hydrogen) atoms. The number of imidazole rings is 1. The first-order valence-electron chi connectivity index (χ1n) is 8.16. The standard InChI is InChI=1S/C18H19F2N3O3/c1-18(2,3)26-17(25)15-14-9-22(7-6-19)16(24)12-8-11(20)4-5-13(12)23(14)10-21-15/h4-5,8,10H,6-7,9H2,1-3H3. The van der Waals surface area contributed by atoms with Gasteiger partial charge in [-0.25, -0.2) is 18.6 Å². The highest BCUT2D eigenvalue weighted by molar-refractivity contribution is 5.99. The molecular weight excluding hydrogens is 344 g/mol. The molecule has 6 nitrogen and oxygen atoms in total. The maximum atomic E-state index is 13.7. The number of hydrogen-bond donors (Lipinski definition) is 0. The zero-order chi connectivity index (χ0) is 19.1. The molecule has 3 rings (SSSR count). The van der Waals surface area contributed by atoms with Crippen LogP contribution in [-0.2, 0) is 11.3 Å². The summed E-state index contributed by atoms with van der Waals surface area (Å²) < 4.78 is 33.5. The Morgan fingerprint density at radius 2 is 2.08 bits per heavy atom. The van der Waals surface area contributed by atoms with Gasteiger partial charge in [-0.1, -0.05) is 0 Å². The van der Waals surface area contributed by atoms with Gasteiger partial charge < -0.3 is 9.64 Å². The van der Waals surface area contributed by atoms with Gasteiger partial charge in [-0.3, -0.25) is 9.36 Å². The second-order valence-corrected chi connectivity index (χ2v) is 6.99. The average Bonchev–Trinajstić information content (AvgIpc) is 2.91. The number of fused-ring (bicyclic) bond motifs is 3. The number of carbonyl (C=O) groups excluding carboxylic acids is 2. The molecule has 0 bridgehead atoms. The van der Waals surface area contributed by atoms with E-state index in [9.17, 15) is 18.4 Å². The maximum absolute atomic E-state index is 13.7. The minimum Gasteiger partial charge on any atom is -0.455 e. The van der Waals surface area contributed by atoms with Gasteiger partial charge in [0, 0.05) is 6.54 Å². The van der Waals surface area contributed by atoms with Crippen molar-refractivity contribution in [1.82, 2.24) is 14.5 Å². The Bertz CT molecular complexity index is 871. The highest BCUT2D eigenvalue weighted by atomic mass is 19.1. The van der Waals surface area contributed by atoms with Crippen LogP contribution >= 0.6 is 0 Å². The van der Waals surface area contributed by atoms with Crippen LogP contribution in [-0.4, -0.2) is 45.1 Å². The van der Waals surface area contributed by atoms with Gasteiger partial charge in [-0.15, -0.1) is 0 Å². The topological polar surface area (TPSA) is 64.4 Å². The monoisotopic (exact) mass is 363 g/mol. The number of aromatic nitrogens is 2. The smallest absolute Gasteiger partial charge is 0.359 e. The number of nitrogens with zero attached hydrogens (tertiary/aromatic N) is 3. The summed E-state index contributed by atoms with van der Waals surface area (Å²) in [5.74, 6) is -1.71. The quantitative estimate of drug-likeness (QED) is 0.787. The minimum atomic E-state index is -0.758. The lowest BCUT2D eigenvalue weighted by Crippen LogP contribution is -2.32. The Balaban J connectivity index is 2.14. The number of carbonyl (C=O) groups is 2. The van der Waals surface area contributed by atoms with Gasteiger partial charge in [-0.2, -0.15) is 0 Å². The van der Waals surface area contributed by atoms with Crippen molar-refractivity contribution in [3.63, 3.8) is 0 Å². The van der Waals surface area contributed by atoms with Gasteiger partial charge in [0.1, 0.15) is 24.4 Å². The summed E-state index contributed by atoms with van der Waals surface area (Å²) in [6.45, 7) is 4.23. The van der Waals surface area contributed by atoms with E-state index >= 15 is 0 Å². The molecule has 1 amide bonds. The fourth-order valence-corrected chi connectivity index (χ4v) is 2.82. The minimum absolute atomic E-state index is 0.0341. The Labute approximate surface area is 149 Å². The van der Waals surface area contributed by atoms with E-state index in [1.54, 1.807) is 25.3 Å². The molecule has 0 atom stereocenters. The van der Waals surface area contributed by atoms with Gasteiger partial charge in [0.25, 0.3) is 5.91 Å². The molecule has 138 valence electrons. The lowest BCUT2D eigenvalue weighted by Gasteiger charge is -2.21. The summed E-state index contributed by atoms with van der Waals surface area (Å²) in [5, 5.41) is 0. The first-order valence-corrected chi connectivity index (χ1v) is 8.16. The molecule has 0 N–H and O–H groups in total. The lowest BCUT2D eigenvalue weighted by atomic mass is 10.1. The van der Waals surface area contributed by atoms with Crippen LogP contribution in [0.5, 0.6) is 0 Å². The summed E-state index contributed by atoms with van der Waals surface area (Å²) in [7, 11) is 0. The fraction of sp³-hybridized carbons (Fsp3) is 0.389. The normalized spacial score (nSPS) is 13.9. The molecule has 1 aromatic carbocycles. The zero-order valence-corrected chi connectivity index (χ0v) is 14.8. The van der Waals surface area contributed by atoms with E-state index in [2.05, 4.69) is 4.98 Å². The van der Waals surface area contributed by atoms with E-state index in [0.717, 1.165) is 6.07 Å². The maximum Gasteiger partial charge on any atom is 0.359 e. The fourth-order valence-electron chi connectivity index (χ4n) is 2.82. The van der Waals surface area contributed by atoms with Gasteiger partial charge in [0.2, 0.25) is 0 Å². The third-order valence-electron chi connectivity index (χ3n) is 3.89. The highest BCUT2D eigenvalue weighted by Gasteiger charge is 2.31. The SMILES string of the molecule is CC(C)(C)OC(=O)c1ncn2c1CN(CCF)C(=O)c1cc(F)ccc1-2. The molecule has 0 radical (unpaired) electrons. The second kappa shape index (κ2) is 6.51. The van der Waals surface area contributed by atoms with Crippen LogP contribution in [0.15, 0.2) is 24.5 Å². The van der Waals surface area contributed by atoms with Crippen molar-refractivity contribution in [2.45, 2.75) is 32.9 Å². The summed E-state index contributed by atoms with van der Waals surface area (Å²) in [4.78, 5) is 30.5. The van der Waals surface area contributed by atoms with E-state index < -0.39 is 30.0 Å². The van der Waals surface area contributed by atoms with Crippen molar-refractivity contribution in [1.29, 1.82) is 0 Å². The molecular formula is C18H19F2N3O3. The van der Waals surface area contributed by atoms with Gasteiger partial charge >= 0.3 is 5.97 Å². The number of ether oxygens (including phenoxy) is 1. The number of amides is 1. The van der Waals surface area contributed by atoms with Crippen molar-refractivity contribution >= 4 is 11.9 Å². The van der Waals surface area contributed by atoms with Gasteiger partial charge in [0.05, 0.1) is 23.5 Å². The van der Waals surface area contributed by atoms with Crippen molar-refractivity contribution in [2.24, 2.45) is 0 Å². The van der Waals surface area contributed by atoms with Crippen LogP contribution in [0.25, 0.3) is 5.69 Å². The molecule has 0 unspecified atom stereocenters. The summed E-state index contributed by atoms with van der Waals surface area (Å²) in [6, 6.07) is 3.75. The van der Waals surface area contributed by atoms with E-state index in [-0.39, 0.29) is 24.3 Å². The third-order valence-corrected chi connectivity index (χ3v) is 3.89. The van der Waals surface area contributed by atoms with Crippen LogP contribution in [0.3, 0.4) is 0 Å². The molecule has 0 saturated carbocycles. The molecule has 8 heteroatoms. The van der Waals surface area contributed by atoms with E-state index in [4.69, 9.17) is 4.74 Å². The van der Waals surface area contributed by atoms with Crippen molar-refractivity contribution in [3.8, 4) is 5.69 Å². The van der Waals surface area contributed by atoms with E-state index in [1.807, 2.05) is 0 Å². The largest absolute Gasteiger partial charge is 0.455 e. The van der Waals surface area contributed by atoms with Gasteiger partial charge in [0.15, 0.2) is 5.69 Å². The Hall–Kier alpha value is -2.77. The van der Waals surface area contributed by atoms with Gasteiger partial charge in [-0.05, 0) is 39.0 Å². The van der Waals surface area contributed by atoms with Crippen LogP contribution in [0.1, 0.15) is 47.3 Å². The predicted molar refractivity (Wildman–Crippen MR) is 89.4 cm³/mol. The van der Waals surface area contributed by atoms with Crippen LogP contribution in [0, 0.1) is 5.82 Å². The Morgan fingerprint density at radius 1 is 1.35 bits per heavy atom. The number of esters is 1. The van der Waals surface area contributed by atoms with Crippen LogP contribution < -0.4 is 0 Å². The first-order chi connectivity index (χ1) is 12.2. The van der Waals surface area contributed by atoms with E-state index in [1.165, 1.54) is 23.4 Å². The molecule has 0 spiro atoms. The van der Waals surface area contributed by atoms with Crippen molar-refractivity contribution < 1.29 is 23.1 Å².